The highest BCUT2D eigenvalue weighted by Gasteiger charge is 2.15. The Morgan fingerprint density at radius 1 is 0.684 bits per heavy atom. The molecule has 0 saturated carbocycles. The van der Waals surface area contributed by atoms with Crippen LogP contribution in [0, 0.1) is 37.1 Å². The molecule has 2 aromatic carbocycles. The van der Waals surface area contributed by atoms with E-state index in [0.717, 1.165) is 12.1 Å². The van der Waals surface area contributed by atoms with E-state index in [0.29, 0.717) is 0 Å². The van der Waals surface area contributed by atoms with Gasteiger partial charge in [-0.3, -0.25) is 0 Å². The van der Waals surface area contributed by atoms with Gasteiger partial charge in [0.15, 0.2) is 23.3 Å². The molecular weight excluding hydrogens is 260 g/mol. The second-order valence-corrected chi connectivity index (χ2v) is 4.07. The topological polar surface area (TPSA) is 9.23 Å². The van der Waals surface area contributed by atoms with E-state index in [1.165, 1.54) is 26.0 Å². The molecule has 0 N–H and O–H groups in total. The van der Waals surface area contributed by atoms with Gasteiger partial charge in [0.25, 0.3) is 0 Å². The van der Waals surface area contributed by atoms with Crippen molar-refractivity contribution in [1.82, 2.24) is 0 Å². The van der Waals surface area contributed by atoms with Crippen LogP contribution in [0.1, 0.15) is 11.1 Å². The summed E-state index contributed by atoms with van der Waals surface area (Å²) in [4.78, 5) is 0. The standard InChI is InChI=1S/C14H10F4O/c1-7-11(5-3-9(15)13(7)17)19-12-6-4-10(16)14(18)8(12)2/h3-6H,1-2H3. The van der Waals surface area contributed by atoms with Gasteiger partial charge in [0.1, 0.15) is 11.5 Å². The maximum atomic E-state index is 13.3. The fourth-order valence-electron chi connectivity index (χ4n) is 1.61. The number of halogens is 4. The minimum absolute atomic E-state index is 0.0378. The Hall–Kier alpha value is -2.04. The van der Waals surface area contributed by atoms with Crippen LogP contribution in [0.2, 0.25) is 0 Å². The summed E-state index contributed by atoms with van der Waals surface area (Å²) >= 11 is 0. The number of hydrogen-bond donors (Lipinski definition) is 0. The molecule has 100 valence electrons. The van der Waals surface area contributed by atoms with Gasteiger partial charge in [-0.05, 0) is 38.1 Å². The highest BCUT2D eigenvalue weighted by molar-refractivity contribution is 5.41. The molecule has 0 saturated heterocycles. The zero-order chi connectivity index (χ0) is 14.2. The van der Waals surface area contributed by atoms with E-state index in [1.54, 1.807) is 0 Å². The van der Waals surface area contributed by atoms with Crippen LogP contribution in [0.4, 0.5) is 17.6 Å². The third-order valence-corrected chi connectivity index (χ3v) is 2.80. The van der Waals surface area contributed by atoms with Gasteiger partial charge in [-0.15, -0.1) is 0 Å². The molecule has 0 atom stereocenters. The Bertz CT molecular complexity index is 582. The summed E-state index contributed by atoms with van der Waals surface area (Å²) in [7, 11) is 0. The fourth-order valence-corrected chi connectivity index (χ4v) is 1.61. The molecule has 0 bridgehead atoms. The Labute approximate surface area is 107 Å². The number of ether oxygens (including phenoxy) is 1. The third kappa shape index (κ3) is 2.41. The van der Waals surface area contributed by atoms with Crippen molar-refractivity contribution in [3.8, 4) is 11.5 Å². The molecule has 0 aliphatic carbocycles. The second-order valence-electron chi connectivity index (χ2n) is 4.07. The fraction of sp³-hybridized carbons (Fsp3) is 0.143. The average Bonchev–Trinajstić information content (AvgIpc) is 2.39. The Morgan fingerprint density at radius 2 is 1.05 bits per heavy atom. The molecular formula is C14H10F4O. The van der Waals surface area contributed by atoms with Crippen molar-refractivity contribution in [3.63, 3.8) is 0 Å². The van der Waals surface area contributed by atoms with E-state index in [1.807, 2.05) is 0 Å². The van der Waals surface area contributed by atoms with Crippen molar-refractivity contribution >= 4 is 0 Å². The molecule has 0 unspecified atom stereocenters. The lowest BCUT2D eigenvalue weighted by atomic mass is 10.2. The van der Waals surface area contributed by atoms with Gasteiger partial charge in [0.05, 0.1) is 0 Å². The Balaban J connectivity index is 2.43. The van der Waals surface area contributed by atoms with Crippen molar-refractivity contribution in [3.05, 3.63) is 58.7 Å². The van der Waals surface area contributed by atoms with E-state index in [2.05, 4.69) is 0 Å². The van der Waals surface area contributed by atoms with Crippen molar-refractivity contribution in [2.45, 2.75) is 13.8 Å². The molecule has 2 rings (SSSR count). The van der Waals surface area contributed by atoms with E-state index < -0.39 is 23.3 Å². The van der Waals surface area contributed by atoms with E-state index in [-0.39, 0.29) is 22.6 Å². The van der Waals surface area contributed by atoms with E-state index >= 15 is 0 Å². The van der Waals surface area contributed by atoms with Gasteiger partial charge in [0, 0.05) is 11.1 Å². The van der Waals surface area contributed by atoms with Crippen LogP contribution in [-0.2, 0) is 0 Å². The predicted molar refractivity (Wildman–Crippen MR) is 62.3 cm³/mol. The number of rotatable bonds is 2. The lowest BCUT2D eigenvalue weighted by Gasteiger charge is -2.12. The SMILES string of the molecule is Cc1c(Oc2ccc(F)c(F)c2C)ccc(F)c1F. The van der Waals surface area contributed by atoms with Crippen LogP contribution in [-0.4, -0.2) is 0 Å². The number of benzene rings is 2. The molecule has 0 amide bonds. The van der Waals surface area contributed by atoms with Crippen LogP contribution >= 0.6 is 0 Å². The molecule has 5 heteroatoms. The summed E-state index contributed by atoms with van der Waals surface area (Å²) in [5.41, 5.74) is -0.0757. The molecule has 19 heavy (non-hydrogen) atoms. The number of hydrogen-bond acceptors (Lipinski definition) is 1. The van der Waals surface area contributed by atoms with Crippen molar-refractivity contribution in [1.29, 1.82) is 0 Å². The smallest absolute Gasteiger partial charge is 0.165 e. The first-order chi connectivity index (χ1) is 8.91. The Morgan fingerprint density at radius 3 is 1.42 bits per heavy atom. The van der Waals surface area contributed by atoms with Crippen LogP contribution in [0.15, 0.2) is 24.3 Å². The summed E-state index contributed by atoms with van der Waals surface area (Å²) in [6.07, 6.45) is 0. The third-order valence-electron chi connectivity index (χ3n) is 2.80. The molecule has 0 heterocycles. The zero-order valence-electron chi connectivity index (χ0n) is 10.2. The van der Waals surface area contributed by atoms with Gasteiger partial charge in [-0.1, -0.05) is 0 Å². The summed E-state index contributed by atoms with van der Waals surface area (Å²) < 4.78 is 57.9. The van der Waals surface area contributed by atoms with Crippen molar-refractivity contribution in [2.24, 2.45) is 0 Å². The van der Waals surface area contributed by atoms with Gasteiger partial charge in [-0.2, -0.15) is 0 Å². The lowest BCUT2D eigenvalue weighted by Crippen LogP contribution is -1.97. The zero-order valence-corrected chi connectivity index (χ0v) is 10.2. The molecule has 0 aliphatic rings. The molecule has 0 aromatic heterocycles. The quantitative estimate of drug-likeness (QED) is 0.721. The summed E-state index contributed by atoms with van der Waals surface area (Å²) in [5, 5.41) is 0. The van der Waals surface area contributed by atoms with Gasteiger partial charge in [-0.25, -0.2) is 17.6 Å². The predicted octanol–water partition coefficient (Wildman–Crippen LogP) is 4.65. The minimum atomic E-state index is -1.03. The van der Waals surface area contributed by atoms with Crippen LogP contribution in [0.25, 0.3) is 0 Å². The van der Waals surface area contributed by atoms with E-state index in [9.17, 15) is 17.6 Å². The second kappa shape index (κ2) is 4.91. The maximum absolute atomic E-state index is 13.3. The van der Waals surface area contributed by atoms with Crippen LogP contribution in [0.5, 0.6) is 11.5 Å². The monoisotopic (exact) mass is 270 g/mol. The highest BCUT2D eigenvalue weighted by atomic mass is 19.2. The first-order valence-corrected chi connectivity index (χ1v) is 5.49. The molecule has 1 nitrogen and oxygen atoms in total. The van der Waals surface area contributed by atoms with E-state index in [4.69, 9.17) is 4.74 Å². The van der Waals surface area contributed by atoms with Crippen LogP contribution < -0.4 is 4.74 Å². The average molecular weight is 270 g/mol. The summed E-state index contributed by atoms with van der Waals surface area (Å²) in [6.45, 7) is 2.67. The molecule has 0 aliphatic heterocycles. The van der Waals surface area contributed by atoms with Gasteiger partial charge < -0.3 is 4.74 Å². The van der Waals surface area contributed by atoms with Crippen LogP contribution in [0.3, 0.4) is 0 Å². The Kier molecular flexibility index (Phi) is 3.46. The summed E-state index contributed by atoms with van der Waals surface area (Å²) in [5.74, 6) is -3.95. The minimum Gasteiger partial charge on any atom is -0.457 e. The van der Waals surface area contributed by atoms with Gasteiger partial charge >= 0.3 is 0 Å². The first-order valence-electron chi connectivity index (χ1n) is 5.49. The lowest BCUT2D eigenvalue weighted by molar-refractivity contribution is 0.439. The molecule has 0 radical (unpaired) electrons. The first kappa shape index (κ1) is 13.4. The van der Waals surface area contributed by atoms with Gasteiger partial charge in [0.2, 0.25) is 0 Å². The maximum Gasteiger partial charge on any atom is 0.165 e. The normalized spacial score (nSPS) is 10.6. The largest absolute Gasteiger partial charge is 0.457 e. The molecule has 0 fully saturated rings. The van der Waals surface area contributed by atoms with Crippen molar-refractivity contribution in [2.75, 3.05) is 0 Å². The molecule has 0 spiro atoms. The van der Waals surface area contributed by atoms with Crippen molar-refractivity contribution < 1.29 is 22.3 Å². The summed E-state index contributed by atoms with van der Waals surface area (Å²) in [6, 6.07) is 4.28. The highest BCUT2D eigenvalue weighted by Crippen LogP contribution is 2.31. The molecule has 2 aromatic rings.